The van der Waals surface area contributed by atoms with Crippen LogP contribution < -0.4 is 10.2 Å². The zero-order valence-electron chi connectivity index (χ0n) is 11.0. The maximum absolute atomic E-state index is 12.6. The third-order valence-electron chi connectivity index (χ3n) is 2.32. The molecule has 0 fully saturated rings. The van der Waals surface area contributed by atoms with Crippen molar-refractivity contribution in [1.82, 2.24) is 15.3 Å². The molecule has 1 amide bonds. The Labute approximate surface area is 119 Å². The molecule has 1 aromatic heterocycles. The number of hydrogen-bond acceptors (Lipinski definition) is 4. The molecule has 1 aromatic rings. The van der Waals surface area contributed by atoms with Crippen molar-refractivity contribution in [1.29, 1.82) is 0 Å². The summed E-state index contributed by atoms with van der Waals surface area (Å²) < 4.78 is 37.8. The van der Waals surface area contributed by atoms with E-state index >= 15 is 0 Å². The van der Waals surface area contributed by atoms with Gasteiger partial charge in [-0.1, -0.05) is 6.92 Å². The van der Waals surface area contributed by atoms with Gasteiger partial charge in [-0.25, -0.2) is 9.97 Å². The molecule has 0 radical (unpaired) electrons. The lowest BCUT2D eigenvalue weighted by Gasteiger charge is -2.18. The van der Waals surface area contributed by atoms with Crippen molar-refractivity contribution < 1.29 is 18.0 Å². The molecule has 0 aliphatic heterocycles. The van der Waals surface area contributed by atoms with E-state index in [-0.39, 0.29) is 18.3 Å². The highest BCUT2D eigenvalue weighted by Gasteiger charge is 2.34. The van der Waals surface area contributed by atoms with Crippen LogP contribution in [0.4, 0.5) is 19.0 Å². The number of anilines is 1. The number of carbonyl (C=O) groups excluding carboxylic acids is 1. The van der Waals surface area contributed by atoms with Gasteiger partial charge < -0.3 is 10.2 Å². The minimum atomic E-state index is -4.62. The summed E-state index contributed by atoms with van der Waals surface area (Å²) in [6.07, 6.45) is -3.85. The monoisotopic (exact) mass is 310 g/mol. The van der Waals surface area contributed by atoms with Gasteiger partial charge in [0.2, 0.25) is 11.2 Å². The summed E-state index contributed by atoms with van der Waals surface area (Å²) in [5.74, 6) is -0.374. The van der Waals surface area contributed by atoms with Crippen molar-refractivity contribution in [2.75, 3.05) is 25.0 Å². The zero-order chi connectivity index (χ0) is 15.3. The van der Waals surface area contributed by atoms with Gasteiger partial charge in [0.25, 0.3) is 0 Å². The Morgan fingerprint density at radius 2 is 2.10 bits per heavy atom. The number of hydrogen-bond donors (Lipinski definition) is 1. The topological polar surface area (TPSA) is 58.1 Å². The summed E-state index contributed by atoms with van der Waals surface area (Å²) in [5, 5.41) is 2.10. The number of carbonyl (C=O) groups is 1. The number of halogens is 4. The average Bonchev–Trinajstić information content (AvgIpc) is 2.34. The predicted octanol–water partition coefficient (Wildman–Crippen LogP) is 2.11. The first-order chi connectivity index (χ1) is 9.24. The summed E-state index contributed by atoms with van der Waals surface area (Å²) in [6, 6.07) is 0.749. The molecule has 0 aliphatic rings. The molecule has 0 bridgehead atoms. The molecule has 0 aromatic carbocycles. The molecule has 20 heavy (non-hydrogen) atoms. The first-order valence-electron chi connectivity index (χ1n) is 5.83. The van der Waals surface area contributed by atoms with E-state index in [4.69, 9.17) is 11.6 Å². The molecule has 0 saturated heterocycles. The number of amides is 1. The van der Waals surface area contributed by atoms with Crippen molar-refractivity contribution >= 4 is 23.3 Å². The van der Waals surface area contributed by atoms with Crippen molar-refractivity contribution in [3.8, 4) is 0 Å². The predicted molar refractivity (Wildman–Crippen MR) is 68.6 cm³/mol. The molecule has 5 nitrogen and oxygen atoms in total. The smallest absolute Gasteiger partial charge is 0.355 e. The molecule has 112 valence electrons. The van der Waals surface area contributed by atoms with Crippen LogP contribution in [0.25, 0.3) is 0 Å². The van der Waals surface area contributed by atoms with Gasteiger partial charge in [-0.15, -0.1) is 0 Å². The van der Waals surface area contributed by atoms with E-state index in [1.807, 2.05) is 6.92 Å². The van der Waals surface area contributed by atoms with Gasteiger partial charge in [0.05, 0.1) is 6.54 Å². The molecule has 9 heteroatoms. The number of rotatable bonds is 5. The highest BCUT2D eigenvalue weighted by atomic mass is 35.5. The molecule has 0 unspecified atom stereocenters. The van der Waals surface area contributed by atoms with E-state index in [0.29, 0.717) is 6.54 Å². The summed E-state index contributed by atoms with van der Waals surface area (Å²) in [7, 11) is 1.45. The van der Waals surface area contributed by atoms with Gasteiger partial charge in [-0.3, -0.25) is 4.79 Å². The second kappa shape index (κ2) is 6.74. The Balaban J connectivity index is 2.85. The van der Waals surface area contributed by atoms with Crippen LogP contribution in [0.1, 0.15) is 19.0 Å². The SMILES string of the molecule is CCCNC(=O)CN(C)c1cc(C(F)(F)F)nc(Cl)n1. The van der Waals surface area contributed by atoms with Crippen LogP contribution in [-0.4, -0.2) is 36.0 Å². The largest absolute Gasteiger partial charge is 0.433 e. The maximum Gasteiger partial charge on any atom is 0.433 e. The van der Waals surface area contributed by atoms with Crippen molar-refractivity contribution in [3.05, 3.63) is 17.0 Å². The highest BCUT2D eigenvalue weighted by Crippen LogP contribution is 2.30. The zero-order valence-corrected chi connectivity index (χ0v) is 11.7. The van der Waals surface area contributed by atoms with Gasteiger partial charge in [-0.05, 0) is 18.0 Å². The molecule has 0 aliphatic carbocycles. The normalized spacial score (nSPS) is 11.3. The van der Waals surface area contributed by atoms with E-state index in [1.165, 1.54) is 11.9 Å². The lowest BCUT2D eigenvalue weighted by molar-refractivity contribution is -0.141. The van der Waals surface area contributed by atoms with Crippen LogP contribution in [0, 0.1) is 0 Å². The van der Waals surface area contributed by atoms with Crippen LogP contribution in [0.3, 0.4) is 0 Å². The molecule has 1 N–H and O–H groups in total. The second-order valence-corrected chi connectivity index (χ2v) is 4.42. The third kappa shape index (κ3) is 4.84. The van der Waals surface area contributed by atoms with Gasteiger partial charge in [0.1, 0.15) is 5.82 Å². The summed E-state index contributed by atoms with van der Waals surface area (Å²) >= 11 is 5.47. The summed E-state index contributed by atoms with van der Waals surface area (Å²) in [4.78, 5) is 19.6. The first kappa shape index (κ1) is 16.5. The summed E-state index contributed by atoms with van der Waals surface area (Å²) in [6.45, 7) is 2.28. The Kier molecular flexibility index (Phi) is 5.55. The number of aromatic nitrogens is 2. The molecule has 1 heterocycles. The van der Waals surface area contributed by atoms with E-state index in [1.54, 1.807) is 0 Å². The first-order valence-corrected chi connectivity index (χ1v) is 6.21. The van der Waals surface area contributed by atoms with Crippen LogP contribution in [-0.2, 0) is 11.0 Å². The number of likely N-dealkylation sites (N-methyl/N-ethyl adjacent to an activating group) is 1. The Hall–Kier alpha value is -1.57. The summed E-state index contributed by atoms with van der Waals surface area (Å²) in [5.41, 5.74) is -1.15. The van der Waals surface area contributed by atoms with Crippen molar-refractivity contribution in [3.63, 3.8) is 0 Å². The lowest BCUT2D eigenvalue weighted by Crippen LogP contribution is -2.36. The minimum absolute atomic E-state index is 0.0658. The minimum Gasteiger partial charge on any atom is -0.355 e. The van der Waals surface area contributed by atoms with Gasteiger partial charge >= 0.3 is 6.18 Å². The Morgan fingerprint density at radius 1 is 1.45 bits per heavy atom. The Morgan fingerprint density at radius 3 is 2.65 bits per heavy atom. The third-order valence-corrected chi connectivity index (χ3v) is 2.49. The van der Waals surface area contributed by atoms with Gasteiger partial charge in [0.15, 0.2) is 5.69 Å². The molecule has 0 spiro atoms. The quantitative estimate of drug-likeness (QED) is 0.846. The van der Waals surface area contributed by atoms with E-state index < -0.39 is 17.2 Å². The van der Waals surface area contributed by atoms with Crippen LogP contribution >= 0.6 is 11.6 Å². The number of nitrogens with one attached hydrogen (secondary N) is 1. The fourth-order valence-electron chi connectivity index (χ4n) is 1.36. The van der Waals surface area contributed by atoms with Crippen molar-refractivity contribution in [2.24, 2.45) is 0 Å². The van der Waals surface area contributed by atoms with Crippen LogP contribution in [0.2, 0.25) is 5.28 Å². The molecular formula is C11H14ClF3N4O. The average molecular weight is 311 g/mol. The van der Waals surface area contributed by atoms with Crippen molar-refractivity contribution in [2.45, 2.75) is 19.5 Å². The van der Waals surface area contributed by atoms with Gasteiger partial charge in [-0.2, -0.15) is 13.2 Å². The molecule has 1 rings (SSSR count). The standard InChI is InChI=1S/C11H14ClF3N4O/c1-3-4-16-9(20)6-19(2)8-5-7(11(13,14)15)17-10(12)18-8/h5H,3-4,6H2,1-2H3,(H,16,20). The maximum atomic E-state index is 12.6. The lowest BCUT2D eigenvalue weighted by atomic mass is 10.3. The molecular weight excluding hydrogens is 297 g/mol. The van der Waals surface area contributed by atoms with E-state index in [2.05, 4.69) is 15.3 Å². The van der Waals surface area contributed by atoms with Gasteiger partial charge in [0, 0.05) is 19.7 Å². The number of nitrogens with zero attached hydrogens (tertiary/aromatic N) is 3. The Bertz CT molecular complexity index is 481. The van der Waals surface area contributed by atoms with E-state index in [9.17, 15) is 18.0 Å². The van der Waals surface area contributed by atoms with E-state index in [0.717, 1.165) is 12.5 Å². The number of alkyl halides is 3. The fourth-order valence-corrected chi connectivity index (χ4v) is 1.54. The highest BCUT2D eigenvalue weighted by molar-refractivity contribution is 6.28. The van der Waals surface area contributed by atoms with Crippen LogP contribution in [0.15, 0.2) is 6.07 Å². The second-order valence-electron chi connectivity index (χ2n) is 4.08. The molecule has 0 saturated carbocycles. The van der Waals surface area contributed by atoms with Crippen LogP contribution in [0.5, 0.6) is 0 Å². The molecule has 0 atom stereocenters. The fraction of sp³-hybridized carbons (Fsp3) is 0.545.